The Bertz CT molecular complexity index is 3250. The lowest BCUT2D eigenvalue weighted by atomic mass is 10.1. The van der Waals surface area contributed by atoms with Crippen LogP contribution in [0.15, 0.2) is 129 Å². The Hall–Kier alpha value is -6.65. The minimum Gasteiger partial charge on any atom is -0.472 e. The van der Waals surface area contributed by atoms with Gasteiger partial charge in [-0.15, -0.1) is 34.3 Å². The molecule has 2 saturated heterocycles. The highest BCUT2D eigenvalue weighted by Crippen LogP contribution is 2.27. The summed E-state index contributed by atoms with van der Waals surface area (Å²) in [4.78, 5) is 82.0. The van der Waals surface area contributed by atoms with Gasteiger partial charge in [-0.1, -0.05) is 23.2 Å². The van der Waals surface area contributed by atoms with E-state index in [4.69, 9.17) is 53.1 Å². The van der Waals surface area contributed by atoms with Crippen molar-refractivity contribution < 1.29 is 37.5 Å². The number of nitrogens with zero attached hydrogens (tertiary/aromatic N) is 7. The van der Waals surface area contributed by atoms with Crippen molar-refractivity contribution >= 4 is 81.1 Å². The summed E-state index contributed by atoms with van der Waals surface area (Å²) in [5.41, 5.74) is 3.98. The summed E-state index contributed by atoms with van der Waals surface area (Å²) in [5.74, 6) is -0.637. The monoisotopic (exact) mass is 1090 g/mol. The molecule has 8 aromatic rings. The van der Waals surface area contributed by atoms with E-state index in [0.717, 1.165) is 26.2 Å². The Morgan fingerprint density at radius 1 is 0.616 bits per heavy atom. The second-order valence-corrected chi connectivity index (χ2v) is 20.2. The summed E-state index contributed by atoms with van der Waals surface area (Å²) >= 11 is 20.4. The maximum Gasteiger partial charge on any atom is 0.281 e. The average molecular weight is 1090 g/mol. The Morgan fingerprint density at radius 2 is 1.12 bits per heavy atom. The van der Waals surface area contributed by atoms with Gasteiger partial charge in [0.2, 0.25) is 17.4 Å². The number of amides is 2. The molecule has 8 aromatic heterocycles. The molecule has 0 radical (unpaired) electrons. The van der Waals surface area contributed by atoms with Gasteiger partial charge in [0.1, 0.15) is 25.0 Å². The molecule has 73 heavy (non-hydrogen) atoms. The van der Waals surface area contributed by atoms with Gasteiger partial charge in [-0.2, -0.15) is 10.2 Å². The molecule has 0 saturated carbocycles. The third-order valence-corrected chi connectivity index (χ3v) is 14.3. The van der Waals surface area contributed by atoms with Gasteiger partial charge in [0, 0.05) is 83.0 Å². The Morgan fingerprint density at radius 3 is 1.56 bits per heavy atom. The van der Waals surface area contributed by atoms with Crippen molar-refractivity contribution in [2.45, 2.75) is 32.2 Å². The second kappa shape index (κ2) is 25.3. The van der Waals surface area contributed by atoms with E-state index in [1.54, 1.807) is 46.5 Å². The van der Waals surface area contributed by atoms with E-state index in [1.165, 1.54) is 73.8 Å². The smallest absolute Gasteiger partial charge is 0.281 e. The van der Waals surface area contributed by atoms with Crippen LogP contribution in [-0.4, -0.2) is 121 Å². The third kappa shape index (κ3) is 14.1. The molecule has 0 atom stereocenters. The maximum atomic E-state index is 13.1. The normalized spacial score (nSPS) is 13.5. The van der Waals surface area contributed by atoms with Crippen LogP contribution in [0, 0.1) is 0 Å². The number of hydrogen-bond donors (Lipinski definition) is 1. The number of furan rings is 2. The molecule has 23 heteroatoms. The first kappa shape index (κ1) is 52.7. The number of aryl methyl sites for hydroxylation is 4. The van der Waals surface area contributed by atoms with Gasteiger partial charge in [0.05, 0.1) is 70.1 Å². The van der Waals surface area contributed by atoms with E-state index in [9.17, 15) is 28.8 Å². The molecule has 0 bridgehead atoms. The molecule has 2 amide bonds. The summed E-state index contributed by atoms with van der Waals surface area (Å²) in [6, 6.07) is 20.8. The van der Waals surface area contributed by atoms with Crippen molar-refractivity contribution in [3.05, 3.63) is 172 Å². The van der Waals surface area contributed by atoms with E-state index in [-0.39, 0.29) is 47.2 Å². The highest BCUT2D eigenvalue weighted by atomic mass is 35.5. The van der Waals surface area contributed by atoms with E-state index in [1.807, 2.05) is 36.4 Å². The summed E-state index contributed by atoms with van der Waals surface area (Å²) in [6.07, 6.45) is 11.4. The number of morpholine rings is 2. The molecular formula is C50H47Cl3N8O10S2. The number of aromatic nitrogens is 6. The molecule has 2 aliphatic rings. The number of nitrogens with one attached hydrogen (secondary N) is 1. The lowest BCUT2D eigenvalue weighted by molar-refractivity contribution is -0.136. The SMILES string of the molecule is O=C(CCl)N1CCOCC1.O=C(Cn1ccc(-c2cc(CCc3ccc(Cl)s3)n(C(=O)c3ccoc3)n2)cc1=O)N1CCOCC1.O=C(c1ccoc1)n1nc(-c2cc[nH]c(=O)c2)cc1CCc1ccc(Cl)s1. The van der Waals surface area contributed by atoms with E-state index in [2.05, 4.69) is 15.2 Å². The molecule has 0 unspecified atom stereocenters. The first-order valence-electron chi connectivity index (χ1n) is 22.9. The van der Waals surface area contributed by atoms with Crippen LogP contribution in [0.2, 0.25) is 8.67 Å². The predicted octanol–water partition coefficient (Wildman–Crippen LogP) is 7.46. The lowest BCUT2D eigenvalue weighted by Crippen LogP contribution is -2.43. The van der Waals surface area contributed by atoms with E-state index in [0.29, 0.717) is 116 Å². The number of alkyl halides is 1. The van der Waals surface area contributed by atoms with Gasteiger partial charge < -0.3 is 37.7 Å². The lowest BCUT2D eigenvalue weighted by Gasteiger charge is -2.27. The van der Waals surface area contributed by atoms with Crippen molar-refractivity contribution in [1.82, 2.24) is 38.9 Å². The van der Waals surface area contributed by atoms with Crippen molar-refractivity contribution in [3.63, 3.8) is 0 Å². The number of rotatable bonds is 13. The average Bonchev–Trinajstić information content (AvgIpc) is 4.29. The number of H-pyrrole nitrogens is 1. The number of carbonyl (C=O) groups excluding carboxylic acids is 4. The number of aromatic amines is 1. The molecule has 380 valence electrons. The van der Waals surface area contributed by atoms with Gasteiger partial charge in [0.15, 0.2) is 0 Å². The fraction of sp³-hybridized carbons (Fsp3) is 0.280. The van der Waals surface area contributed by atoms with Crippen molar-refractivity contribution in [2.75, 3.05) is 58.5 Å². The molecule has 1 N–H and O–H groups in total. The van der Waals surface area contributed by atoms with Crippen LogP contribution in [0.1, 0.15) is 41.9 Å². The predicted molar refractivity (Wildman–Crippen MR) is 276 cm³/mol. The molecule has 2 fully saturated rings. The van der Waals surface area contributed by atoms with Crippen LogP contribution in [0.25, 0.3) is 22.5 Å². The fourth-order valence-electron chi connectivity index (χ4n) is 7.68. The molecule has 18 nitrogen and oxygen atoms in total. The van der Waals surface area contributed by atoms with Crippen LogP contribution in [0.4, 0.5) is 0 Å². The van der Waals surface area contributed by atoms with Gasteiger partial charge >= 0.3 is 0 Å². The van der Waals surface area contributed by atoms with Crippen LogP contribution in [0.5, 0.6) is 0 Å². The van der Waals surface area contributed by atoms with Crippen molar-refractivity contribution in [1.29, 1.82) is 0 Å². The molecule has 10 rings (SSSR count). The minimum atomic E-state index is -0.321. The van der Waals surface area contributed by atoms with Crippen LogP contribution in [0.3, 0.4) is 0 Å². The maximum absolute atomic E-state index is 13.1. The zero-order valence-electron chi connectivity index (χ0n) is 39.0. The van der Waals surface area contributed by atoms with Crippen LogP contribution >= 0.6 is 57.5 Å². The van der Waals surface area contributed by atoms with Crippen molar-refractivity contribution in [2.24, 2.45) is 0 Å². The number of carbonyl (C=O) groups is 4. The highest BCUT2D eigenvalue weighted by Gasteiger charge is 2.22. The summed E-state index contributed by atoms with van der Waals surface area (Å²) in [5, 5.41) is 8.97. The molecule has 2 aliphatic heterocycles. The largest absolute Gasteiger partial charge is 0.472 e. The van der Waals surface area contributed by atoms with Crippen LogP contribution < -0.4 is 11.1 Å². The summed E-state index contributed by atoms with van der Waals surface area (Å²) in [6.45, 7) is 4.66. The van der Waals surface area contributed by atoms with Gasteiger partial charge in [-0.3, -0.25) is 28.8 Å². The number of halogens is 3. The van der Waals surface area contributed by atoms with Crippen LogP contribution in [-0.2, 0) is 51.3 Å². The second-order valence-electron chi connectivity index (χ2n) is 16.4. The van der Waals surface area contributed by atoms with E-state index >= 15 is 0 Å². The van der Waals surface area contributed by atoms with Gasteiger partial charge in [-0.05, 0) is 86.3 Å². The Labute approximate surface area is 440 Å². The van der Waals surface area contributed by atoms with Gasteiger partial charge in [-0.25, -0.2) is 9.36 Å². The molecule has 0 aliphatic carbocycles. The molecule has 0 spiro atoms. The first-order chi connectivity index (χ1) is 35.4. The molecule has 0 aromatic carbocycles. The number of pyridine rings is 2. The molecular weight excluding hydrogens is 1040 g/mol. The van der Waals surface area contributed by atoms with Crippen molar-refractivity contribution in [3.8, 4) is 22.5 Å². The Kier molecular flexibility index (Phi) is 18.3. The quantitative estimate of drug-likeness (QED) is 0.112. The summed E-state index contributed by atoms with van der Waals surface area (Å²) in [7, 11) is 0. The minimum absolute atomic E-state index is 0.00460. The summed E-state index contributed by atoms with van der Waals surface area (Å²) < 4.78 is 26.0. The van der Waals surface area contributed by atoms with Gasteiger partial charge in [0.25, 0.3) is 17.4 Å². The first-order valence-corrected chi connectivity index (χ1v) is 25.8. The highest BCUT2D eigenvalue weighted by molar-refractivity contribution is 7.16. The molecule has 10 heterocycles. The Balaban J connectivity index is 0.000000168. The number of thiophene rings is 2. The fourth-order valence-corrected chi connectivity index (χ4v) is 10.0. The number of hydrogen-bond acceptors (Lipinski definition) is 14. The zero-order valence-corrected chi connectivity index (χ0v) is 42.9. The standard InChI is InChI=1S/C25H23ClN4O5S.C19H14ClN3O3S.C6H10ClNO2/c26-22-4-3-20(36-22)2-1-19-14-21(27-30(19)25(33)18-6-10-35-16-18)17-5-7-29(23(31)13-17)15-24(32)28-8-11-34-12-9-28;20-17-4-3-15(27-17)2-1-14-10-16(12-5-7-21-18(24)9-12)22-23(14)19(25)13-6-8-26-11-13;7-5-6(9)8-1-3-10-4-2-8/h3-7,10,13-14,16H,1-2,8-9,11-12,15H2;3-11H,1-2H2,(H,21,24);1-5H2. The zero-order chi connectivity index (χ0) is 51.3. The topological polar surface area (TPSA) is 210 Å². The number of ether oxygens (including phenoxy) is 2. The third-order valence-electron chi connectivity index (χ3n) is 11.5. The van der Waals surface area contributed by atoms with E-state index < -0.39 is 0 Å².